The molecular formula is C21H19F3N6O2. The lowest BCUT2D eigenvalue weighted by atomic mass is 9.94. The van der Waals surface area contributed by atoms with Crippen LogP contribution in [0.25, 0.3) is 16.4 Å². The van der Waals surface area contributed by atoms with Crippen LogP contribution >= 0.6 is 0 Å². The number of fused-ring (bicyclic) bond motifs is 2. The number of likely N-dealkylation sites (tertiary alicyclic amines) is 1. The number of aromatic nitrogens is 5. The Balaban J connectivity index is 1.56. The smallest absolute Gasteiger partial charge is 0.306 e. The van der Waals surface area contributed by atoms with E-state index in [0.29, 0.717) is 11.4 Å². The van der Waals surface area contributed by atoms with Crippen molar-refractivity contribution < 1.29 is 18.0 Å². The molecule has 1 saturated heterocycles. The van der Waals surface area contributed by atoms with E-state index in [1.165, 1.54) is 12.3 Å². The van der Waals surface area contributed by atoms with E-state index in [2.05, 4.69) is 27.1 Å². The first-order valence-electron chi connectivity index (χ1n) is 10.1. The summed E-state index contributed by atoms with van der Waals surface area (Å²) in [6.07, 6.45) is -1.19. The quantitative estimate of drug-likeness (QED) is 0.514. The molecule has 5 heterocycles. The van der Waals surface area contributed by atoms with Gasteiger partial charge < -0.3 is 4.90 Å². The van der Waals surface area contributed by atoms with E-state index in [0.717, 1.165) is 48.4 Å². The Hall–Kier alpha value is -3.47. The Bertz CT molecular complexity index is 1390. The van der Waals surface area contributed by atoms with Crippen LogP contribution in [0.5, 0.6) is 0 Å². The van der Waals surface area contributed by atoms with Gasteiger partial charge in [-0.05, 0) is 57.2 Å². The number of hydrogen-bond acceptors (Lipinski definition) is 5. The third kappa shape index (κ3) is 3.48. The first kappa shape index (κ1) is 20.4. The average Bonchev–Trinajstić information content (AvgIpc) is 3.32. The molecule has 0 atom stereocenters. The maximum absolute atomic E-state index is 13.0. The van der Waals surface area contributed by atoms with Gasteiger partial charge in [0.2, 0.25) is 0 Å². The van der Waals surface area contributed by atoms with Gasteiger partial charge in [0.15, 0.2) is 0 Å². The fourth-order valence-corrected chi connectivity index (χ4v) is 4.12. The third-order valence-electron chi connectivity index (χ3n) is 5.89. The number of hydrogen-bond donors (Lipinski definition) is 1. The normalized spacial score (nSPS) is 16.2. The van der Waals surface area contributed by atoms with Gasteiger partial charge in [-0.1, -0.05) is 6.07 Å². The van der Waals surface area contributed by atoms with Crippen LogP contribution in [0.3, 0.4) is 0 Å². The fraction of sp³-hybridized carbons (Fsp3) is 0.333. The van der Waals surface area contributed by atoms with Crippen LogP contribution in [-0.4, -0.2) is 55.3 Å². The second kappa shape index (κ2) is 7.30. The SMILES string of the molecule is CN1CCC(c2cc3cc4c(cn3n2)c(=O)[nH]n4C(=O)c2cccc(C(F)(F)F)n2)CC1. The van der Waals surface area contributed by atoms with Gasteiger partial charge >= 0.3 is 6.18 Å². The van der Waals surface area contributed by atoms with Crippen LogP contribution < -0.4 is 5.56 Å². The van der Waals surface area contributed by atoms with Gasteiger partial charge in [-0.25, -0.2) is 14.2 Å². The van der Waals surface area contributed by atoms with Crippen molar-refractivity contribution in [2.75, 3.05) is 20.1 Å². The highest BCUT2D eigenvalue weighted by Crippen LogP contribution is 2.29. The minimum absolute atomic E-state index is 0.204. The molecule has 1 aliphatic rings. The van der Waals surface area contributed by atoms with Crippen LogP contribution in [0.2, 0.25) is 0 Å². The topological polar surface area (TPSA) is 88.3 Å². The standard InChI is InChI=1S/C21H19F3N6O2/c1-28-7-5-12(6-8-28)16-9-13-10-17-14(11-29(13)26-16)19(31)27-30(17)20(32)15-3-2-4-18(25-15)21(22,23)24/h2-4,9-12H,5-8H2,1H3,(H,27,31). The molecule has 4 aromatic heterocycles. The second-order valence-corrected chi connectivity index (χ2v) is 8.08. The Morgan fingerprint density at radius 2 is 1.94 bits per heavy atom. The van der Waals surface area contributed by atoms with Crippen molar-refractivity contribution in [3.8, 4) is 0 Å². The molecule has 1 N–H and O–H groups in total. The predicted octanol–water partition coefficient (Wildman–Crippen LogP) is 2.89. The predicted molar refractivity (Wildman–Crippen MR) is 110 cm³/mol. The Morgan fingerprint density at radius 1 is 1.19 bits per heavy atom. The van der Waals surface area contributed by atoms with Crippen LogP contribution in [0.15, 0.2) is 41.3 Å². The van der Waals surface area contributed by atoms with Crippen LogP contribution in [0.1, 0.15) is 40.6 Å². The highest BCUT2D eigenvalue weighted by molar-refractivity contribution is 6.00. The molecule has 0 aromatic carbocycles. The van der Waals surface area contributed by atoms with Crippen LogP contribution in [-0.2, 0) is 6.18 Å². The average molecular weight is 444 g/mol. The number of carbonyl (C=O) groups excluding carboxylic acids is 1. The number of nitrogens with zero attached hydrogens (tertiary/aromatic N) is 5. The van der Waals surface area contributed by atoms with Gasteiger partial charge in [-0.15, -0.1) is 0 Å². The number of aromatic amines is 1. The zero-order valence-electron chi connectivity index (χ0n) is 17.1. The van der Waals surface area contributed by atoms with Crippen molar-refractivity contribution in [2.45, 2.75) is 24.9 Å². The minimum atomic E-state index is -4.68. The lowest BCUT2D eigenvalue weighted by molar-refractivity contribution is -0.141. The molecule has 0 aliphatic carbocycles. The number of halogens is 3. The summed E-state index contributed by atoms with van der Waals surface area (Å²) in [5, 5.41) is 7.22. The van der Waals surface area contributed by atoms with E-state index in [1.54, 1.807) is 10.6 Å². The van der Waals surface area contributed by atoms with Crippen molar-refractivity contribution in [3.63, 3.8) is 0 Å². The van der Waals surface area contributed by atoms with E-state index >= 15 is 0 Å². The molecule has 5 rings (SSSR count). The lowest BCUT2D eigenvalue weighted by Crippen LogP contribution is -2.29. The lowest BCUT2D eigenvalue weighted by Gasteiger charge is -2.27. The first-order valence-corrected chi connectivity index (χ1v) is 10.1. The van der Waals surface area contributed by atoms with Gasteiger partial charge in [0, 0.05) is 12.1 Å². The molecule has 0 unspecified atom stereocenters. The van der Waals surface area contributed by atoms with E-state index in [-0.39, 0.29) is 10.9 Å². The van der Waals surface area contributed by atoms with Crippen LogP contribution in [0, 0.1) is 0 Å². The summed E-state index contributed by atoms with van der Waals surface area (Å²) in [6.45, 7) is 1.95. The maximum atomic E-state index is 13.0. The summed E-state index contributed by atoms with van der Waals surface area (Å²) in [4.78, 5) is 31.1. The van der Waals surface area contributed by atoms with Crippen LogP contribution in [0.4, 0.5) is 13.2 Å². The fourth-order valence-electron chi connectivity index (χ4n) is 4.12. The maximum Gasteiger partial charge on any atom is 0.433 e. The third-order valence-corrected chi connectivity index (χ3v) is 5.89. The van der Waals surface area contributed by atoms with E-state index in [4.69, 9.17) is 0 Å². The minimum Gasteiger partial charge on any atom is -0.306 e. The van der Waals surface area contributed by atoms with Gasteiger partial charge in [-0.3, -0.25) is 14.7 Å². The van der Waals surface area contributed by atoms with E-state index in [1.807, 2.05) is 6.07 Å². The first-order chi connectivity index (χ1) is 15.2. The van der Waals surface area contributed by atoms with Crippen molar-refractivity contribution in [3.05, 3.63) is 64.0 Å². The zero-order valence-corrected chi connectivity index (χ0v) is 17.1. The zero-order chi connectivity index (χ0) is 22.6. The molecule has 0 amide bonds. The van der Waals surface area contributed by atoms with Gasteiger partial charge in [0.25, 0.3) is 11.5 Å². The van der Waals surface area contributed by atoms with E-state index in [9.17, 15) is 22.8 Å². The molecule has 1 fully saturated rings. The highest BCUT2D eigenvalue weighted by Gasteiger charge is 2.33. The van der Waals surface area contributed by atoms with Gasteiger partial charge in [0.1, 0.15) is 11.4 Å². The number of piperidine rings is 1. The van der Waals surface area contributed by atoms with E-state index < -0.39 is 29.0 Å². The summed E-state index contributed by atoms with van der Waals surface area (Å²) in [6, 6.07) is 6.62. The highest BCUT2D eigenvalue weighted by atomic mass is 19.4. The number of carbonyl (C=O) groups is 1. The Morgan fingerprint density at radius 3 is 2.66 bits per heavy atom. The summed E-state index contributed by atoms with van der Waals surface area (Å²) in [5.74, 6) is -0.551. The number of nitrogens with one attached hydrogen (secondary N) is 1. The van der Waals surface area contributed by atoms with Gasteiger partial charge in [0.05, 0.1) is 22.1 Å². The molecule has 1 aliphatic heterocycles. The molecule has 11 heteroatoms. The summed E-state index contributed by atoms with van der Waals surface area (Å²) in [5.41, 5.74) is -0.292. The molecule has 0 spiro atoms. The summed E-state index contributed by atoms with van der Waals surface area (Å²) in [7, 11) is 2.08. The molecule has 0 radical (unpaired) electrons. The molecule has 0 saturated carbocycles. The summed E-state index contributed by atoms with van der Waals surface area (Å²) < 4.78 is 41.5. The summed E-state index contributed by atoms with van der Waals surface area (Å²) >= 11 is 0. The van der Waals surface area contributed by atoms with Crippen molar-refractivity contribution in [2.24, 2.45) is 0 Å². The van der Waals surface area contributed by atoms with Crippen molar-refractivity contribution in [1.29, 1.82) is 0 Å². The molecule has 8 nitrogen and oxygen atoms in total. The second-order valence-electron chi connectivity index (χ2n) is 8.08. The Labute approximate surface area is 179 Å². The van der Waals surface area contributed by atoms with Crippen molar-refractivity contribution >= 4 is 22.3 Å². The molecular weight excluding hydrogens is 425 g/mol. The number of rotatable bonds is 2. The number of pyridine rings is 2. The molecule has 4 aromatic rings. The Kier molecular flexibility index (Phi) is 4.66. The van der Waals surface area contributed by atoms with Gasteiger partial charge in [-0.2, -0.15) is 18.3 Å². The molecule has 0 bridgehead atoms. The number of H-pyrrole nitrogens is 1. The molecule has 32 heavy (non-hydrogen) atoms. The largest absolute Gasteiger partial charge is 0.433 e. The molecule has 166 valence electrons. The monoisotopic (exact) mass is 444 g/mol. The number of alkyl halides is 3. The van der Waals surface area contributed by atoms with Crippen molar-refractivity contribution in [1.82, 2.24) is 29.3 Å².